The molecule has 0 saturated heterocycles. The number of aliphatic hydroxyl groups is 1. The highest BCUT2D eigenvalue weighted by Crippen LogP contribution is 2.16. The summed E-state index contributed by atoms with van der Waals surface area (Å²) in [4.78, 5) is 8.30. The standard InChI is InChI=1S/C18H18FN3O2/c19-17-4-2-1-3-15(17)12-24-13-16(23)11-22-10-9-21-18(22)14-5-7-20-8-6-14/h1-10,16,23H,11-13H2. The molecule has 2 aromatic heterocycles. The number of ether oxygens (including phenoxy) is 1. The Kier molecular flexibility index (Phi) is 5.30. The second-order valence-corrected chi connectivity index (χ2v) is 5.40. The number of halogens is 1. The van der Waals surface area contributed by atoms with E-state index in [9.17, 15) is 9.50 Å². The molecule has 5 nitrogen and oxygen atoms in total. The van der Waals surface area contributed by atoms with Crippen LogP contribution in [0.5, 0.6) is 0 Å². The van der Waals surface area contributed by atoms with E-state index < -0.39 is 6.10 Å². The molecule has 24 heavy (non-hydrogen) atoms. The minimum absolute atomic E-state index is 0.113. The van der Waals surface area contributed by atoms with Crippen LogP contribution in [-0.2, 0) is 17.9 Å². The van der Waals surface area contributed by atoms with Crippen LogP contribution in [0.1, 0.15) is 5.56 Å². The van der Waals surface area contributed by atoms with E-state index in [4.69, 9.17) is 4.74 Å². The first-order valence-electron chi connectivity index (χ1n) is 7.65. The number of aromatic nitrogens is 3. The van der Waals surface area contributed by atoms with Gasteiger partial charge in [-0.05, 0) is 18.2 Å². The van der Waals surface area contributed by atoms with E-state index in [0.717, 1.165) is 11.4 Å². The van der Waals surface area contributed by atoms with E-state index >= 15 is 0 Å². The smallest absolute Gasteiger partial charge is 0.140 e. The van der Waals surface area contributed by atoms with Crippen LogP contribution in [0.2, 0.25) is 0 Å². The average molecular weight is 327 g/mol. The van der Waals surface area contributed by atoms with Crippen molar-refractivity contribution < 1.29 is 14.2 Å². The first-order chi connectivity index (χ1) is 11.7. The molecule has 0 fully saturated rings. The normalized spacial score (nSPS) is 12.2. The van der Waals surface area contributed by atoms with Gasteiger partial charge in [-0.2, -0.15) is 0 Å². The Morgan fingerprint density at radius 3 is 2.71 bits per heavy atom. The summed E-state index contributed by atoms with van der Waals surface area (Å²) in [5.41, 5.74) is 1.40. The molecule has 0 spiro atoms. The molecule has 0 bridgehead atoms. The van der Waals surface area contributed by atoms with Gasteiger partial charge in [-0.1, -0.05) is 18.2 Å². The molecule has 0 amide bonds. The number of imidazole rings is 1. The number of hydrogen-bond acceptors (Lipinski definition) is 4. The average Bonchev–Trinajstić information content (AvgIpc) is 3.05. The minimum Gasteiger partial charge on any atom is -0.389 e. The Bertz CT molecular complexity index is 777. The highest BCUT2D eigenvalue weighted by atomic mass is 19.1. The first kappa shape index (κ1) is 16.3. The van der Waals surface area contributed by atoms with Gasteiger partial charge in [0.1, 0.15) is 11.6 Å². The third kappa shape index (κ3) is 4.04. The molecule has 124 valence electrons. The molecule has 6 heteroatoms. The maximum absolute atomic E-state index is 13.5. The largest absolute Gasteiger partial charge is 0.389 e. The predicted octanol–water partition coefficient (Wildman–Crippen LogP) is 2.66. The van der Waals surface area contributed by atoms with Crippen molar-refractivity contribution in [3.05, 3.63) is 72.6 Å². The summed E-state index contributed by atoms with van der Waals surface area (Å²) in [6, 6.07) is 10.2. The monoisotopic (exact) mass is 327 g/mol. The van der Waals surface area contributed by atoms with Crippen LogP contribution in [0.15, 0.2) is 61.2 Å². The summed E-state index contributed by atoms with van der Waals surface area (Å²) in [6.07, 6.45) is 6.16. The summed E-state index contributed by atoms with van der Waals surface area (Å²) in [5, 5.41) is 10.2. The van der Waals surface area contributed by atoms with E-state index in [1.165, 1.54) is 6.07 Å². The van der Waals surface area contributed by atoms with Crippen LogP contribution in [0, 0.1) is 5.82 Å². The second kappa shape index (κ2) is 7.81. The van der Waals surface area contributed by atoms with Gasteiger partial charge >= 0.3 is 0 Å². The molecule has 0 aliphatic carbocycles. The Labute approximate surface area is 139 Å². The van der Waals surface area contributed by atoms with Crippen molar-refractivity contribution in [1.29, 1.82) is 0 Å². The summed E-state index contributed by atoms with van der Waals surface area (Å²) >= 11 is 0. The fourth-order valence-electron chi connectivity index (χ4n) is 2.42. The topological polar surface area (TPSA) is 60.2 Å². The molecule has 1 aromatic carbocycles. The molecule has 3 aromatic rings. The lowest BCUT2D eigenvalue weighted by molar-refractivity contribution is 0.0196. The number of aliphatic hydroxyl groups excluding tert-OH is 1. The zero-order valence-corrected chi connectivity index (χ0v) is 13.0. The van der Waals surface area contributed by atoms with Gasteiger partial charge in [0.15, 0.2) is 0 Å². The van der Waals surface area contributed by atoms with Crippen LogP contribution >= 0.6 is 0 Å². The Morgan fingerprint density at radius 1 is 1.12 bits per heavy atom. The molecule has 1 unspecified atom stereocenters. The SMILES string of the molecule is OC(COCc1ccccc1F)Cn1ccnc1-c1ccncc1. The van der Waals surface area contributed by atoms with Gasteiger partial charge in [-0.25, -0.2) is 9.37 Å². The van der Waals surface area contributed by atoms with Crippen molar-refractivity contribution in [2.24, 2.45) is 0 Å². The number of benzene rings is 1. The molecule has 0 radical (unpaired) electrons. The van der Waals surface area contributed by atoms with E-state index in [-0.39, 0.29) is 19.0 Å². The zero-order valence-electron chi connectivity index (χ0n) is 13.0. The van der Waals surface area contributed by atoms with Crippen LogP contribution in [0.4, 0.5) is 4.39 Å². The third-order valence-corrected chi connectivity index (χ3v) is 3.59. The molecular formula is C18H18FN3O2. The van der Waals surface area contributed by atoms with E-state index in [1.807, 2.05) is 16.7 Å². The van der Waals surface area contributed by atoms with Gasteiger partial charge in [-0.3, -0.25) is 4.98 Å². The van der Waals surface area contributed by atoms with Crippen molar-refractivity contribution in [3.8, 4) is 11.4 Å². The van der Waals surface area contributed by atoms with Crippen molar-refractivity contribution >= 4 is 0 Å². The lowest BCUT2D eigenvalue weighted by Crippen LogP contribution is -2.22. The maximum Gasteiger partial charge on any atom is 0.140 e. The van der Waals surface area contributed by atoms with Gasteiger partial charge in [0.05, 0.1) is 25.9 Å². The van der Waals surface area contributed by atoms with Gasteiger partial charge < -0.3 is 14.4 Å². The van der Waals surface area contributed by atoms with E-state index in [2.05, 4.69) is 9.97 Å². The summed E-state index contributed by atoms with van der Waals surface area (Å²) in [7, 11) is 0. The quantitative estimate of drug-likeness (QED) is 0.725. The number of rotatable bonds is 7. The van der Waals surface area contributed by atoms with Crippen LogP contribution < -0.4 is 0 Å². The van der Waals surface area contributed by atoms with E-state index in [1.54, 1.807) is 43.0 Å². The molecule has 0 aliphatic rings. The molecule has 1 atom stereocenters. The highest BCUT2D eigenvalue weighted by Gasteiger charge is 2.11. The Balaban J connectivity index is 1.55. The second-order valence-electron chi connectivity index (χ2n) is 5.40. The number of nitrogens with zero attached hydrogens (tertiary/aromatic N) is 3. The molecule has 3 rings (SSSR count). The van der Waals surface area contributed by atoms with Gasteiger partial charge in [-0.15, -0.1) is 0 Å². The first-order valence-corrected chi connectivity index (χ1v) is 7.65. The summed E-state index contributed by atoms with van der Waals surface area (Å²) in [5.74, 6) is 0.451. The van der Waals surface area contributed by atoms with Crippen LogP contribution in [0.3, 0.4) is 0 Å². The molecule has 2 heterocycles. The highest BCUT2D eigenvalue weighted by molar-refractivity contribution is 5.54. The zero-order chi connectivity index (χ0) is 16.8. The van der Waals surface area contributed by atoms with Crippen LogP contribution in [0.25, 0.3) is 11.4 Å². The fraction of sp³-hybridized carbons (Fsp3) is 0.222. The lowest BCUT2D eigenvalue weighted by atomic mass is 10.2. The van der Waals surface area contributed by atoms with Crippen molar-refractivity contribution in [1.82, 2.24) is 14.5 Å². The van der Waals surface area contributed by atoms with Gasteiger partial charge in [0.2, 0.25) is 0 Å². The number of hydrogen-bond donors (Lipinski definition) is 1. The summed E-state index contributed by atoms with van der Waals surface area (Å²) < 4.78 is 20.8. The fourth-order valence-corrected chi connectivity index (χ4v) is 2.42. The maximum atomic E-state index is 13.5. The summed E-state index contributed by atoms with van der Waals surface area (Å²) in [6.45, 7) is 0.585. The molecule has 0 saturated carbocycles. The molecular weight excluding hydrogens is 309 g/mol. The predicted molar refractivity (Wildman–Crippen MR) is 87.5 cm³/mol. The van der Waals surface area contributed by atoms with Gasteiger partial charge in [0.25, 0.3) is 0 Å². The van der Waals surface area contributed by atoms with Crippen LogP contribution in [-0.4, -0.2) is 32.4 Å². The van der Waals surface area contributed by atoms with E-state index in [0.29, 0.717) is 12.1 Å². The van der Waals surface area contributed by atoms with Crippen molar-refractivity contribution in [2.75, 3.05) is 6.61 Å². The molecule has 0 aliphatic heterocycles. The minimum atomic E-state index is -0.716. The third-order valence-electron chi connectivity index (χ3n) is 3.59. The lowest BCUT2D eigenvalue weighted by Gasteiger charge is -2.14. The molecule has 1 N–H and O–H groups in total. The van der Waals surface area contributed by atoms with Crippen molar-refractivity contribution in [2.45, 2.75) is 19.3 Å². The van der Waals surface area contributed by atoms with Crippen molar-refractivity contribution in [3.63, 3.8) is 0 Å². The Morgan fingerprint density at radius 2 is 1.92 bits per heavy atom. The Hall–Kier alpha value is -2.57. The number of pyridine rings is 1. The van der Waals surface area contributed by atoms with Gasteiger partial charge in [0, 0.05) is 35.9 Å².